The van der Waals surface area contributed by atoms with Crippen molar-refractivity contribution in [1.29, 1.82) is 5.41 Å². The van der Waals surface area contributed by atoms with E-state index in [9.17, 15) is 4.79 Å². The van der Waals surface area contributed by atoms with Crippen LogP contribution in [-0.2, 0) is 0 Å². The number of rotatable bonds is 10. The Kier molecular flexibility index (Phi) is 8.70. The van der Waals surface area contributed by atoms with Crippen molar-refractivity contribution < 1.29 is 4.79 Å². The molecule has 1 fully saturated rings. The molecule has 0 bridgehead atoms. The number of anilines is 6. The number of carbonyl (C=O) groups excluding carboxylic acids is 1. The van der Waals surface area contributed by atoms with Crippen molar-refractivity contribution in [3.05, 3.63) is 53.7 Å². The van der Waals surface area contributed by atoms with E-state index in [0.717, 1.165) is 48.7 Å². The molecular formula is C27H36N10O. The lowest BCUT2D eigenvalue weighted by molar-refractivity contribution is 0.0956. The third kappa shape index (κ3) is 6.35. The summed E-state index contributed by atoms with van der Waals surface area (Å²) >= 11 is 0. The number of amides is 1. The van der Waals surface area contributed by atoms with Crippen LogP contribution in [0.1, 0.15) is 35.7 Å². The first-order valence-electron chi connectivity index (χ1n) is 12.8. The maximum absolute atomic E-state index is 12.8. The van der Waals surface area contributed by atoms with E-state index < -0.39 is 0 Å². The summed E-state index contributed by atoms with van der Waals surface area (Å²) < 4.78 is 0. The summed E-state index contributed by atoms with van der Waals surface area (Å²) in [5.41, 5.74) is 2.61. The molecule has 1 saturated heterocycles. The van der Waals surface area contributed by atoms with Gasteiger partial charge in [-0.2, -0.15) is 4.98 Å². The van der Waals surface area contributed by atoms with Gasteiger partial charge in [-0.05, 0) is 70.2 Å². The maximum Gasteiger partial charge on any atom is 0.256 e. The van der Waals surface area contributed by atoms with Crippen molar-refractivity contribution in [1.82, 2.24) is 25.2 Å². The summed E-state index contributed by atoms with van der Waals surface area (Å²) in [5.74, 6) is 1.83. The number of hydrogen-bond acceptors (Lipinski definition) is 10. The lowest BCUT2D eigenvalue weighted by atomic mass is 10.0. The minimum Gasteiger partial charge on any atom is -0.388 e. The summed E-state index contributed by atoms with van der Waals surface area (Å²) in [6, 6.07) is 11.8. The van der Waals surface area contributed by atoms with Crippen molar-refractivity contribution in [2.45, 2.75) is 25.8 Å². The van der Waals surface area contributed by atoms with Gasteiger partial charge >= 0.3 is 0 Å². The van der Waals surface area contributed by atoms with Gasteiger partial charge in [-0.3, -0.25) is 4.79 Å². The number of piperidine rings is 1. The molecule has 200 valence electrons. The number of benzene rings is 1. The molecule has 0 unspecified atom stereocenters. The first-order valence-corrected chi connectivity index (χ1v) is 12.8. The van der Waals surface area contributed by atoms with Gasteiger partial charge in [0.2, 0.25) is 5.95 Å². The average Bonchev–Trinajstić information content (AvgIpc) is 2.93. The van der Waals surface area contributed by atoms with Crippen molar-refractivity contribution in [2.75, 3.05) is 61.6 Å². The Labute approximate surface area is 223 Å². The second-order valence-corrected chi connectivity index (χ2v) is 9.29. The Morgan fingerprint density at radius 1 is 1.18 bits per heavy atom. The van der Waals surface area contributed by atoms with Crippen LogP contribution in [0.3, 0.4) is 0 Å². The lowest BCUT2D eigenvalue weighted by Gasteiger charge is -2.35. The largest absolute Gasteiger partial charge is 0.388 e. The molecule has 0 saturated carbocycles. The van der Waals surface area contributed by atoms with Gasteiger partial charge in [0.05, 0.1) is 0 Å². The van der Waals surface area contributed by atoms with E-state index in [2.05, 4.69) is 55.1 Å². The molecule has 0 radical (unpaired) electrons. The zero-order valence-corrected chi connectivity index (χ0v) is 22.4. The molecule has 11 heteroatoms. The monoisotopic (exact) mass is 516 g/mol. The highest BCUT2D eigenvalue weighted by molar-refractivity contribution is 5.99. The van der Waals surface area contributed by atoms with Crippen LogP contribution in [0.4, 0.5) is 34.8 Å². The molecule has 11 nitrogen and oxygen atoms in total. The number of carbonyl (C=O) groups is 1. The fraction of sp³-hybridized carbons (Fsp3) is 0.370. The lowest BCUT2D eigenvalue weighted by Crippen LogP contribution is -2.42. The highest BCUT2D eigenvalue weighted by atomic mass is 16.1. The van der Waals surface area contributed by atoms with Crippen molar-refractivity contribution in [3.63, 3.8) is 0 Å². The van der Waals surface area contributed by atoms with Gasteiger partial charge in [-0.15, -0.1) is 0 Å². The van der Waals surface area contributed by atoms with Crippen LogP contribution in [0, 0.1) is 5.41 Å². The standard InChI is InChI=1S/C27H36N10O/c1-5-30-26(38)21-17-31-27(32-19-9-10-22(29-2)18(15-19)16-28)35-25(21)34-23-7-6-8-24(33-23)37(4)20-11-13-36(3)14-12-20/h6-10,15-17,20,28-29H,5,11-14H2,1-4H3,(H,30,38)(H2,31,32,33,34,35). The van der Waals surface area contributed by atoms with Crippen LogP contribution in [-0.4, -0.2) is 78.8 Å². The van der Waals surface area contributed by atoms with Crippen LogP contribution >= 0.6 is 0 Å². The molecule has 3 heterocycles. The number of aromatic nitrogens is 3. The summed E-state index contributed by atoms with van der Waals surface area (Å²) in [5, 5.41) is 20.0. The van der Waals surface area contributed by atoms with Crippen LogP contribution < -0.4 is 26.2 Å². The summed E-state index contributed by atoms with van der Waals surface area (Å²) in [6.45, 7) is 4.48. The number of likely N-dealkylation sites (tertiary alicyclic amines) is 1. The molecule has 1 aliphatic rings. The minimum absolute atomic E-state index is 0.273. The Morgan fingerprint density at radius 3 is 2.68 bits per heavy atom. The predicted octanol–water partition coefficient (Wildman–Crippen LogP) is 3.68. The third-order valence-corrected chi connectivity index (χ3v) is 6.68. The normalized spacial score (nSPS) is 14.0. The molecule has 5 N–H and O–H groups in total. The first kappa shape index (κ1) is 26.8. The highest BCUT2D eigenvalue weighted by Crippen LogP contribution is 2.26. The van der Waals surface area contributed by atoms with Crippen LogP contribution in [0.5, 0.6) is 0 Å². The quantitative estimate of drug-likeness (QED) is 0.256. The van der Waals surface area contributed by atoms with Crippen LogP contribution in [0.15, 0.2) is 42.6 Å². The van der Waals surface area contributed by atoms with E-state index in [1.807, 2.05) is 50.4 Å². The summed E-state index contributed by atoms with van der Waals surface area (Å²) in [6.07, 6.45) is 4.95. The molecule has 0 atom stereocenters. The van der Waals surface area contributed by atoms with Gasteiger partial charge in [0.15, 0.2) is 0 Å². The number of hydrogen-bond donors (Lipinski definition) is 5. The predicted molar refractivity (Wildman–Crippen MR) is 154 cm³/mol. The molecule has 3 aromatic rings. The van der Waals surface area contributed by atoms with Gasteiger partial charge in [0.25, 0.3) is 5.91 Å². The Balaban J connectivity index is 1.60. The smallest absolute Gasteiger partial charge is 0.256 e. The molecule has 38 heavy (non-hydrogen) atoms. The van der Waals surface area contributed by atoms with E-state index in [1.54, 1.807) is 0 Å². The summed E-state index contributed by atoms with van der Waals surface area (Å²) in [4.78, 5) is 31.1. The van der Waals surface area contributed by atoms with Crippen LogP contribution in [0.2, 0.25) is 0 Å². The maximum atomic E-state index is 12.8. The summed E-state index contributed by atoms with van der Waals surface area (Å²) in [7, 11) is 6.04. The first-order chi connectivity index (χ1) is 18.4. The molecule has 4 rings (SSSR count). The molecule has 1 amide bonds. The molecular weight excluding hydrogens is 480 g/mol. The van der Waals surface area contributed by atoms with Gasteiger partial charge in [-0.1, -0.05) is 6.07 Å². The van der Waals surface area contributed by atoms with E-state index >= 15 is 0 Å². The van der Waals surface area contributed by atoms with Crippen molar-refractivity contribution in [3.8, 4) is 0 Å². The zero-order chi connectivity index (χ0) is 27.1. The third-order valence-electron chi connectivity index (χ3n) is 6.68. The number of nitrogens with one attached hydrogen (secondary N) is 5. The second-order valence-electron chi connectivity index (χ2n) is 9.29. The van der Waals surface area contributed by atoms with Gasteiger partial charge in [-0.25, -0.2) is 9.97 Å². The van der Waals surface area contributed by atoms with Crippen molar-refractivity contribution in [2.24, 2.45) is 0 Å². The van der Waals surface area contributed by atoms with Gasteiger partial charge in [0, 0.05) is 56.0 Å². The van der Waals surface area contributed by atoms with Gasteiger partial charge < -0.3 is 36.5 Å². The minimum atomic E-state index is -0.273. The second kappa shape index (κ2) is 12.3. The molecule has 0 aliphatic carbocycles. The Morgan fingerprint density at radius 2 is 1.97 bits per heavy atom. The van der Waals surface area contributed by atoms with Gasteiger partial charge in [0.1, 0.15) is 23.0 Å². The van der Waals surface area contributed by atoms with E-state index in [0.29, 0.717) is 35.7 Å². The van der Waals surface area contributed by atoms with Crippen molar-refractivity contribution >= 4 is 46.9 Å². The molecule has 1 aliphatic heterocycles. The zero-order valence-electron chi connectivity index (χ0n) is 22.4. The van der Waals surface area contributed by atoms with E-state index in [4.69, 9.17) is 10.4 Å². The fourth-order valence-corrected chi connectivity index (χ4v) is 4.46. The highest BCUT2D eigenvalue weighted by Gasteiger charge is 2.22. The molecule has 0 spiro atoms. The Hall–Kier alpha value is -4.25. The van der Waals surface area contributed by atoms with Crippen LogP contribution in [0.25, 0.3) is 0 Å². The number of pyridine rings is 1. The molecule has 2 aromatic heterocycles. The topological polar surface area (TPSA) is 134 Å². The fourth-order valence-electron chi connectivity index (χ4n) is 4.46. The van der Waals surface area contributed by atoms with E-state index in [-0.39, 0.29) is 5.91 Å². The Bertz CT molecular complexity index is 1270. The SMILES string of the molecule is CCNC(=O)c1cnc(Nc2ccc(NC)c(C=N)c2)nc1Nc1cccc(N(C)C2CCN(C)CC2)n1. The molecule has 1 aromatic carbocycles. The number of nitrogens with zero attached hydrogens (tertiary/aromatic N) is 5. The van der Waals surface area contributed by atoms with E-state index in [1.165, 1.54) is 12.4 Å². The average molecular weight is 517 g/mol.